The standard InChI is InChI=1S/C12H20FN.ClH/c1-9-3-10(2)5-11(13,4-9)8-12(14,6-9)7-10;/h3-8,14H2,1-2H3;1H. The highest BCUT2D eigenvalue weighted by Gasteiger charge is 2.65. The van der Waals surface area contributed by atoms with Crippen molar-refractivity contribution < 1.29 is 4.39 Å². The third kappa shape index (κ3) is 1.61. The van der Waals surface area contributed by atoms with Gasteiger partial charge in [0.05, 0.1) is 0 Å². The van der Waals surface area contributed by atoms with Gasteiger partial charge in [-0.1, -0.05) is 13.8 Å². The number of hydrogen-bond donors (Lipinski definition) is 1. The lowest BCUT2D eigenvalue weighted by Crippen LogP contribution is -2.67. The zero-order valence-electron chi connectivity index (χ0n) is 9.61. The normalized spacial score (nSPS) is 61.6. The molecule has 3 heteroatoms. The molecule has 4 fully saturated rings. The summed E-state index contributed by atoms with van der Waals surface area (Å²) in [6.07, 6.45) is 5.40. The van der Waals surface area contributed by atoms with Gasteiger partial charge in [-0.15, -0.1) is 12.4 Å². The minimum atomic E-state index is -0.938. The molecule has 4 aliphatic carbocycles. The highest BCUT2D eigenvalue weighted by molar-refractivity contribution is 5.85. The number of rotatable bonds is 0. The SMILES string of the molecule is CC12CC3(C)CC(N)(C1)CC(F)(C2)C3.Cl. The smallest absolute Gasteiger partial charge is 0.113 e. The average molecular weight is 234 g/mol. The second-order valence-corrected chi connectivity index (χ2v) is 7.20. The Hall–Kier alpha value is 0.180. The minimum Gasteiger partial charge on any atom is -0.325 e. The molecule has 0 radical (unpaired) electrons. The van der Waals surface area contributed by atoms with Crippen LogP contribution in [-0.4, -0.2) is 11.2 Å². The Morgan fingerprint density at radius 1 is 0.867 bits per heavy atom. The van der Waals surface area contributed by atoms with Crippen LogP contribution >= 0.6 is 12.4 Å². The molecule has 4 aliphatic rings. The van der Waals surface area contributed by atoms with E-state index < -0.39 is 5.67 Å². The van der Waals surface area contributed by atoms with Crippen LogP contribution in [0, 0.1) is 10.8 Å². The Balaban J connectivity index is 0.000000853. The predicted molar refractivity (Wildman–Crippen MR) is 61.9 cm³/mol. The zero-order valence-corrected chi connectivity index (χ0v) is 10.4. The molecular formula is C12H21ClFN. The van der Waals surface area contributed by atoms with Crippen LogP contribution in [0.3, 0.4) is 0 Å². The molecule has 1 nitrogen and oxygen atoms in total. The maximum absolute atomic E-state index is 14.5. The van der Waals surface area contributed by atoms with Crippen molar-refractivity contribution in [1.82, 2.24) is 0 Å². The van der Waals surface area contributed by atoms with E-state index in [1.165, 1.54) is 6.42 Å². The number of alkyl halides is 1. The van der Waals surface area contributed by atoms with Gasteiger partial charge in [0.2, 0.25) is 0 Å². The summed E-state index contributed by atoms with van der Waals surface area (Å²) < 4.78 is 14.5. The fourth-order valence-electron chi connectivity index (χ4n) is 5.64. The summed E-state index contributed by atoms with van der Waals surface area (Å²) in [7, 11) is 0. The minimum absolute atomic E-state index is 0. The first-order valence-electron chi connectivity index (χ1n) is 5.72. The van der Waals surface area contributed by atoms with Gasteiger partial charge >= 0.3 is 0 Å². The van der Waals surface area contributed by atoms with Crippen molar-refractivity contribution >= 4 is 12.4 Å². The Morgan fingerprint density at radius 3 is 1.67 bits per heavy atom. The van der Waals surface area contributed by atoms with Crippen molar-refractivity contribution in [2.24, 2.45) is 16.6 Å². The first-order chi connectivity index (χ1) is 6.24. The van der Waals surface area contributed by atoms with E-state index in [1.54, 1.807) is 0 Å². The van der Waals surface area contributed by atoms with Crippen LogP contribution in [-0.2, 0) is 0 Å². The van der Waals surface area contributed by atoms with Crippen molar-refractivity contribution in [1.29, 1.82) is 0 Å². The van der Waals surface area contributed by atoms with Gasteiger partial charge < -0.3 is 5.73 Å². The zero-order chi connectivity index (χ0) is 10.2. The quantitative estimate of drug-likeness (QED) is 0.683. The molecule has 0 saturated heterocycles. The highest BCUT2D eigenvalue weighted by Crippen LogP contribution is 2.67. The molecular weight excluding hydrogens is 213 g/mol. The summed E-state index contributed by atoms with van der Waals surface area (Å²) in [5.74, 6) is 0. The van der Waals surface area contributed by atoms with E-state index in [0.717, 1.165) is 25.7 Å². The second kappa shape index (κ2) is 2.70. The monoisotopic (exact) mass is 233 g/mol. The molecule has 4 rings (SSSR count). The van der Waals surface area contributed by atoms with Gasteiger partial charge in [0.25, 0.3) is 0 Å². The van der Waals surface area contributed by atoms with Crippen molar-refractivity contribution in [2.45, 2.75) is 63.6 Å². The Kier molecular flexibility index (Phi) is 2.10. The molecule has 0 amide bonds. The maximum Gasteiger partial charge on any atom is 0.113 e. The summed E-state index contributed by atoms with van der Waals surface area (Å²) >= 11 is 0. The Labute approximate surface area is 97.4 Å². The summed E-state index contributed by atoms with van der Waals surface area (Å²) in [5, 5.41) is 0. The lowest BCUT2D eigenvalue weighted by Gasteiger charge is -2.66. The topological polar surface area (TPSA) is 26.0 Å². The van der Waals surface area contributed by atoms with Crippen LogP contribution in [0.5, 0.6) is 0 Å². The van der Waals surface area contributed by atoms with Crippen LogP contribution < -0.4 is 5.73 Å². The number of halogens is 2. The molecule has 4 saturated carbocycles. The van der Waals surface area contributed by atoms with Gasteiger partial charge in [0.15, 0.2) is 0 Å². The fraction of sp³-hybridized carbons (Fsp3) is 1.00. The summed E-state index contributed by atoms with van der Waals surface area (Å²) in [6, 6.07) is 0. The average Bonchev–Trinajstić information content (AvgIpc) is 1.67. The molecule has 0 aromatic carbocycles. The highest BCUT2D eigenvalue weighted by atomic mass is 35.5. The van der Waals surface area contributed by atoms with Crippen LogP contribution in [0.1, 0.15) is 52.4 Å². The second-order valence-electron chi connectivity index (χ2n) is 7.20. The van der Waals surface area contributed by atoms with Crippen LogP contribution in [0.25, 0.3) is 0 Å². The van der Waals surface area contributed by atoms with Crippen LogP contribution in [0.2, 0.25) is 0 Å². The first-order valence-corrected chi connectivity index (χ1v) is 5.72. The summed E-state index contributed by atoms with van der Waals surface area (Å²) in [4.78, 5) is 0. The molecule has 2 N–H and O–H groups in total. The van der Waals surface area contributed by atoms with Crippen molar-refractivity contribution in [3.05, 3.63) is 0 Å². The number of nitrogens with two attached hydrogens (primary N) is 1. The molecule has 0 aromatic heterocycles. The summed E-state index contributed by atoms with van der Waals surface area (Å²) in [6.45, 7) is 4.47. The molecule has 15 heavy (non-hydrogen) atoms. The van der Waals surface area contributed by atoms with Crippen molar-refractivity contribution in [3.8, 4) is 0 Å². The molecule has 4 bridgehead atoms. The molecule has 0 aromatic rings. The van der Waals surface area contributed by atoms with E-state index >= 15 is 0 Å². The molecule has 0 spiro atoms. The van der Waals surface area contributed by atoms with Crippen molar-refractivity contribution in [2.75, 3.05) is 0 Å². The first kappa shape index (κ1) is 11.7. The van der Waals surface area contributed by atoms with Gasteiger partial charge in [0, 0.05) is 5.54 Å². The molecule has 0 aliphatic heterocycles. The molecule has 2 atom stereocenters. The maximum atomic E-state index is 14.5. The van der Waals surface area contributed by atoms with E-state index in [9.17, 15) is 4.39 Å². The lowest BCUT2D eigenvalue weighted by molar-refractivity contribution is -0.163. The summed E-state index contributed by atoms with van der Waals surface area (Å²) in [5.41, 5.74) is 5.59. The Morgan fingerprint density at radius 2 is 1.33 bits per heavy atom. The number of hydrogen-bond acceptors (Lipinski definition) is 1. The third-order valence-electron chi connectivity index (χ3n) is 4.57. The van der Waals surface area contributed by atoms with Gasteiger partial charge in [0.1, 0.15) is 5.67 Å². The molecule has 0 heterocycles. The van der Waals surface area contributed by atoms with Gasteiger partial charge in [-0.2, -0.15) is 0 Å². The third-order valence-corrected chi connectivity index (χ3v) is 4.57. The van der Waals surface area contributed by atoms with Gasteiger partial charge in [-0.25, -0.2) is 4.39 Å². The van der Waals surface area contributed by atoms with Gasteiger partial charge in [-0.3, -0.25) is 0 Å². The van der Waals surface area contributed by atoms with E-state index in [-0.39, 0.29) is 28.8 Å². The molecule has 88 valence electrons. The fourth-order valence-corrected chi connectivity index (χ4v) is 5.64. The van der Waals surface area contributed by atoms with Gasteiger partial charge in [-0.05, 0) is 49.4 Å². The lowest BCUT2D eigenvalue weighted by atomic mass is 9.42. The van der Waals surface area contributed by atoms with Crippen molar-refractivity contribution in [3.63, 3.8) is 0 Å². The van der Waals surface area contributed by atoms with Crippen LogP contribution in [0.15, 0.2) is 0 Å². The Bertz CT molecular complexity index is 208. The van der Waals surface area contributed by atoms with E-state index in [1.807, 2.05) is 0 Å². The van der Waals surface area contributed by atoms with E-state index in [4.69, 9.17) is 5.73 Å². The predicted octanol–water partition coefficient (Wildman–Crippen LogP) is 3.21. The van der Waals surface area contributed by atoms with Crippen LogP contribution in [0.4, 0.5) is 4.39 Å². The van der Waals surface area contributed by atoms with E-state index in [2.05, 4.69) is 13.8 Å². The largest absolute Gasteiger partial charge is 0.325 e. The van der Waals surface area contributed by atoms with E-state index in [0.29, 0.717) is 6.42 Å². The molecule has 2 unspecified atom stereocenters.